The molecule has 2 N–H and O–H groups in total. The van der Waals surface area contributed by atoms with Gasteiger partial charge in [0.2, 0.25) is 5.88 Å². The van der Waals surface area contributed by atoms with Gasteiger partial charge in [0.25, 0.3) is 0 Å². The molecule has 0 fully saturated rings. The number of hydrogen-bond acceptors (Lipinski definition) is 7. The van der Waals surface area contributed by atoms with Crippen molar-refractivity contribution in [2.75, 3.05) is 12.4 Å². The maximum Gasteiger partial charge on any atom is 0.416 e. The molecule has 0 amide bonds. The van der Waals surface area contributed by atoms with Crippen LogP contribution in [0.15, 0.2) is 47.2 Å². The van der Waals surface area contributed by atoms with Crippen LogP contribution in [-0.2, 0) is 6.18 Å². The minimum absolute atomic E-state index is 0.101. The summed E-state index contributed by atoms with van der Waals surface area (Å²) in [6.45, 7) is 2.05. The molecule has 0 saturated heterocycles. The molecule has 1 aromatic carbocycles. The normalized spacial score (nSPS) is 18.2. The van der Waals surface area contributed by atoms with E-state index in [0.29, 0.717) is 22.5 Å². The van der Waals surface area contributed by atoms with Gasteiger partial charge in [0, 0.05) is 24.5 Å². The standard InChI is InChI=1S/C24H22BrF3N6O/c1-3-17-9-19(22-18(32-17)4-5-20(34-22)35-2)33-21(23-30-11-16(25)12-31-23)14-6-13(10-29)7-15(8-14)24(26,27)28/h4-8,11-12,17,19,21,32-33H,3,9H2,1-2H3/t17-,19+,21?/m1/s1. The lowest BCUT2D eigenvalue weighted by molar-refractivity contribution is -0.137. The van der Waals surface area contributed by atoms with E-state index >= 15 is 0 Å². The smallest absolute Gasteiger partial charge is 0.416 e. The van der Waals surface area contributed by atoms with Crippen molar-refractivity contribution >= 4 is 21.6 Å². The number of nitriles is 1. The second-order valence-corrected chi connectivity index (χ2v) is 9.05. The molecule has 3 aromatic rings. The number of pyridine rings is 1. The van der Waals surface area contributed by atoms with Crippen LogP contribution >= 0.6 is 15.9 Å². The van der Waals surface area contributed by atoms with Gasteiger partial charge in [-0.25, -0.2) is 15.0 Å². The Bertz CT molecular complexity index is 1250. The molecule has 0 aliphatic carbocycles. The van der Waals surface area contributed by atoms with Crippen LogP contribution in [0.25, 0.3) is 0 Å². The molecule has 3 heterocycles. The summed E-state index contributed by atoms with van der Waals surface area (Å²) >= 11 is 3.29. The highest BCUT2D eigenvalue weighted by molar-refractivity contribution is 9.10. The number of hydrogen-bond donors (Lipinski definition) is 2. The third-order valence-electron chi connectivity index (χ3n) is 5.82. The van der Waals surface area contributed by atoms with E-state index in [-0.39, 0.29) is 29.0 Å². The number of fused-ring (bicyclic) bond motifs is 1. The number of methoxy groups -OCH3 is 1. The van der Waals surface area contributed by atoms with Crippen LogP contribution in [-0.4, -0.2) is 28.1 Å². The number of alkyl halides is 3. The van der Waals surface area contributed by atoms with E-state index in [1.165, 1.54) is 25.6 Å². The highest BCUT2D eigenvalue weighted by atomic mass is 79.9. The molecule has 3 atom stereocenters. The Morgan fingerprint density at radius 1 is 1.26 bits per heavy atom. The molecule has 0 bridgehead atoms. The van der Waals surface area contributed by atoms with E-state index in [0.717, 1.165) is 24.2 Å². The van der Waals surface area contributed by atoms with E-state index in [4.69, 9.17) is 4.74 Å². The van der Waals surface area contributed by atoms with Crippen molar-refractivity contribution in [2.45, 2.75) is 44.1 Å². The van der Waals surface area contributed by atoms with Crippen LogP contribution in [0.4, 0.5) is 18.9 Å². The molecule has 0 radical (unpaired) electrons. The van der Waals surface area contributed by atoms with Crippen LogP contribution in [0, 0.1) is 11.3 Å². The summed E-state index contributed by atoms with van der Waals surface area (Å²) in [6, 6.07) is 7.70. The van der Waals surface area contributed by atoms with Crippen LogP contribution in [0.5, 0.6) is 5.88 Å². The van der Waals surface area contributed by atoms with Crippen LogP contribution < -0.4 is 15.4 Å². The second kappa shape index (κ2) is 10.2. The Hall–Kier alpha value is -3.23. The summed E-state index contributed by atoms with van der Waals surface area (Å²) < 4.78 is 46.8. The Kier molecular flexibility index (Phi) is 7.23. The van der Waals surface area contributed by atoms with Gasteiger partial charge in [0.15, 0.2) is 0 Å². The van der Waals surface area contributed by atoms with E-state index in [1.54, 1.807) is 6.07 Å². The van der Waals surface area contributed by atoms with Gasteiger partial charge in [-0.15, -0.1) is 0 Å². The first kappa shape index (κ1) is 24.9. The summed E-state index contributed by atoms with van der Waals surface area (Å²) in [5.74, 6) is 0.696. The number of ether oxygens (including phenoxy) is 1. The third-order valence-corrected chi connectivity index (χ3v) is 6.23. The number of halogens is 4. The molecule has 1 unspecified atom stereocenters. The van der Waals surface area contributed by atoms with Gasteiger partial charge in [-0.2, -0.15) is 18.4 Å². The highest BCUT2D eigenvalue weighted by Gasteiger charge is 2.34. The molecule has 1 aliphatic rings. The first-order valence-corrected chi connectivity index (χ1v) is 11.7. The SMILES string of the molecule is CC[C@@H]1C[C@H](NC(c2cc(C#N)cc(C(F)(F)F)c2)c2ncc(Br)cn2)c2nc(OC)ccc2N1. The topological polar surface area (TPSA) is 95.8 Å². The molecule has 35 heavy (non-hydrogen) atoms. The first-order chi connectivity index (χ1) is 16.7. The summed E-state index contributed by atoms with van der Waals surface area (Å²) in [5, 5.41) is 16.3. The summed E-state index contributed by atoms with van der Waals surface area (Å²) in [5.41, 5.74) is 0.722. The molecule has 1 aliphatic heterocycles. The fraction of sp³-hybridized carbons (Fsp3) is 0.333. The van der Waals surface area contributed by atoms with Crippen molar-refractivity contribution in [1.82, 2.24) is 20.3 Å². The van der Waals surface area contributed by atoms with Gasteiger partial charge in [0.1, 0.15) is 5.82 Å². The number of anilines is 1. The number of nitrogens with zero attached hydrogens (tertiary/aromatic N) is 4. The summed E-state index contributed by atoms with van der Waals surface area (Å²) in [7, 11) is 1.52. The van der Waals surface area contributed by atoms with E-state index in [1.807, 2.05) is 12.1 Å². The molecule has 0 spiro atoms. The van der Waals surface area contributed by atoms with Crippen LogP contribution in [0.2, 0.25) is 0 Å². The van der Waals surface area contributed by atoms with Crippen molar-refractivity contribution in [1.29, 1.82) is 5.26 Å². The molecule has 2 aromatic heterocycles. The predicted molar refractivity (Wildman–Crippen MR) is 127 cm³/mol. The minimum atomic E-state index is -4.61. The average molecular weight is 547 g/mol. The number of aromatic nitrogens is 3. The number of benzene rings is 1. The molecule has 4 rings (SSSR count). The van der Waals surface area contributed by atoms with Gasteiger partial charge >= 0.3 is 6.18 Å². The zero-order valence-corrected chi connectivity index (χ0v) is 20.5. The van der Waals surface area contributed by atoms with Crippen molar-refractivity contribution in [2.24, 2.45) is 0 Å². The largest absolute Gasteiger partial charge is 0.481 e. The fourth-order valence-electron chi connectivity index (χ4n) is 4.09. The molecular formula is C24H22BrF3N6O. The van der Waals surface area contributed by atoms with Gasteiger partial charge < -0.3 is 10.1 Å². The molecular weight excluding hydrogens is 525 g/mol. The summed E-state index contributed by atoms with van der Waals surface area (Å²) in [4.78, 5) is 13.3. The Labute approximate surface area is 208 Å². The lowest BCUT2D eigenvalue weighted by atomic mass is 9.93. The van der Waals surface area contributed by atoms with Crippen LogP contribution in [0.3, 0.4) is 0 Å². The zero-order valence-electron chi connectivity index (χ0n) is 18.9. The molecule has 7 nitrogen and oxygen atoms in total. The van der Waals surface area contributed by atoms with Gasteiger partial charge in [-0.1, -0.05) is 6.92 Å². The fourth-order valence-corrected chi connectivity index (χ4v) is 4.29. The zero-order chi connectivity index (χ0) is 25.2. The first-order valence-electron chi connectivity index (χ1n) is 10.9. The average Bonchev–Trinajstić information content (AvgIpc) is 2.86. The van der Waals surface area contributed by atoms with Crippen molar-refractivity contribution < 1.29 is 17.9 Å². The van der Waals surface area contributed by atoms with Gasteiger partial charge in [-0.05, 0) is 58.6 Å². The minimum Gasteiger partial charge on any atom is -0.481 e. The lowest BCUT2D eigenvalue weighted by Gasteiger charge is -2.34. The number of rotatable bonds is 6. The third kappa shape index (κ3) is 5.55. The quantitative estimate of drug-likeness (QED) is 0.418. The van der Waals surface area contributed by atoms with Crippen molar-refractivity contribution in [3.05, 3.63) is 75.4 Å². The van der Waals surface area contributed by atoms with Gasteiger partial charge in [-0.3, -0.25) is 5.32 Å². The predicted octanol–water partition coefficient (Wildman–Crippen LogP) is 5.55. The Morgan fingerprint density at radius 2 is 2.00 bits per heavy atom. The second-order valence-electron chi connectivity index (χ2n) is 8.14. The van der Waals surface area contributed by atoms with Gasteiger partial charge in [0.05, 0.1) is 52.2 Å². The molecule has 11 heteroatoms. The van der Waals surface area contributed by atoms with E-state index in [9.17, 15) is 18.4 Å². The molecule has 182 valence electrons. The Balaban J connectivity index is 1.83. The Morgan fingerprint density at radius 3 is 2.63 bits per heavy atom. The number of nitrogens with one attached hydrogen (secondary N) is 2. The maximum atomic E-state index is 13.6. The monoisotopic (exact) mass is 546 g/mol. The van der Waals surface area contributed by atoms with Crippen molar-refractivity contribution in [3.63, 3.8) is 0 Å². The van der Waals surface area contributed by atoms with Crippen molar-refractivity contribution in [3.8, 4) is 11.9 Å². The van der Waals surface area contributed by atoms with E-state index in [2.05, 4.69) is 48.4 Å². The highest BCUT2D eigenvalue weighted by Crippen LogP contribution is 2.38. The van der Waals surface area contributed by atoms with Crippen LogP contribution in [0.1, 0.15) is 60.1 Å². The van der Waals surface area contributed by atoms with E-state index < -0.39 is 17.8 Å². The maximum absolute atomic E-state index is 13.6. The lowest BCUT2D eigenvalue weighted by Crippen LogP contribution is -2.37. The summed E-state index contributed by atoms with van der Waals surface area (Å²) in [6.07, 6.45) is -0.0903. The molecule has 0 saturated carbocycles.